The summed E-state index contributed by atoms with van der Waals surface area (Å²) in [5.74, 6) is 1.69. The van der Waals surface area contributed by atoms with Crippen LogP contribution in [0, 0.1) is 5.92 Å². The van der Waals surface area contributed by atoms with Crippen molar-refractivity contribution in [2.24, 2.45) is 11.7 Å². The molecule has 3 unspecified atom stereocenters. The fraction of sp³-hybridized carbons (Fsp3) is 0.647. The normalized spacial score (nSPS) is 28.5. The van der Waals surface area contributed by atoms with Crippen LogP contribution in [0.3, 0.4) is 0 Å². The van der Waals surface area contributed by atoms with Gasteiger partial charge in [0.15, 0.2) is 0 Å². The third-order valence-electron chi connectivity index (χ3n) is 4.73. The highest BCUT2D eigenvalue weighted by molar-refractivity contribution is 5.31. The lowest BCUT2D eigenvalue weighted by Crippen LogP contribution is -2.35. The van der Waals surface area contributed by atoms with Gasteiger partial charge in [-0.3, -0.25) is 0 Å². The van der Waals surface area contributed by atoms with Crippen molar-refractivity contribution in [3.8, 4) is 0 Å². The van der Waals surface area contributed by atoms with Gasteiger partial charge < -0.3 is 11.1 Å². The predicted molar refractivity (Wildman–Crippen MR) is 80.2 cm³/mol. The second kappa shape index (κ2) is 5.64. The summed E-state index contributed by atoms with van der Waals surface area (Å²) < 4.78 is 0. The second-order valence-electron chi connectivity index (χ2n) is 6.51. The number of hydrogen-bond donors (Lipinski definition) is 2. The van der Waals surface area contributed by atoms with E-state index in [9.17, 15) is 0 Å². The lowest BCUT2D eigenvalue weighted by molar-refractivity contribution is 0.434. The van der Waals surface area contributed by atoms with Crippen molar-refractivity contribution in [2.75, 3.05) is 6.54 Å². The summed E-state index contributed by atoms with van der Waals surface area (Å²) in [5.41, 5.74) is 8.89. The maximum Gasteiger partial charge on any atom is 0.0446 e. The molecule has 0 spiro atoms. The molecule has 19 heavy (non-hydrogen) atoms. The molecule has 2 heteroatoms. The van der Waals surface area contributed by atoms with E-state index in [0.29, 0.717) is 18.6 Å². The molecule has 2 nitrogen and oxygen atoms in total. The number of hydrogen-bond acceptors (Lipinski definition) is 2. The van der Waals surface area contributed by atoms with Gasteiger partial charge in [0.25, 0.3) is 0 Å². The highest BCUT2D eigenvalue weighted by Gasteiger charge is 2.26. The van der Waals surface area contributed by atoms with Crippen LogP contribution in [0.2, 0.25) is 0 Å². The molecule has 104 valence electrons. The molecule has 0 radical (unpaired) electrons. The number of benzene rings is 1. The molecule has 3 N–H and O–H groups in total. The van der Waals surface area contributed by atoms with Crippen molar-refractivity contribution >= 4 is 0 Å². The monoisotopic (exact) mass is 258 g/mol. The van der Waals surface area contributed by atoms with Gasteiger partial charge in [-0.15, -0.1) is 0 Å². The van der Waals surface area contributed by atoms with Crippen LogP contribution in [0.5, 0.6) is 0 Å². The summed E-state index contributed by atoms with van der Waals surface area (Å²) in [5, 5.41) is 3.77. The molecule has 1 aromatic rings. The quantitative estimate of drug-likeness (QED) is 0.850. The first-order chi connectivity index (χ1) is 9.26. The molecule has 1 aromatic carbocycles. The minimum absolute atomic E-state index is 0.328. The van der Waals surface area contributed by atoms with Gasteiger partial charge in [-0.05, 0) is 55.1 Å². The maximum atomic E-state index is 6.00. The van der Waals surface area contributed by atoms with Crippen molar-refractivity contribution < 1.29 is 0 Å². The average molecular weight is 258 g/mol. The highest BCUT2D eigenvalue weighted by atomic mass is 15.0. The maximum absolute atomic E-state index is 6.00. The van der Waals surface area contributed by atoms with Crippen LogP contribution < -0.4 is 11.1 Å². The Morgan fingerprint density at radius 3 is 2.74 bits per heavy atom. The molecule has 2 saturated carbocycles. The largest absolute Gasteiger partial charge is 0.329 e. The molecule has 3 rings (SSSR count). The molecule has 0 aliphatic heterocycles. The van der Waals surface area contributed by atoms with Crippen LogP contribution >= 0.6 is 0 Å². The second-order valence-corrected chi connectivity index (χ2v) is 6.51. The van der Waals surface area contributed by atoms with E-state index >= 15 is 0 Å². The Morgan fingerprint density at radius 1 is 1.26 bits per heavy atom. The van der Waals surface area contributed by atoms with Crippen molar-refractivity contribution in [3.05, 3.63) is 35.4 Å². The first-order valence-corrected chi connectivity index (χ1v) is 7.82. The van der Waals surface area contributed by atoms with Crippen LogP contribution in [0.25, 0.3) is 0 Å². The summed E-state index contributed by atoms with van der Waals surface area (Å²) in [6, 6.07) is 10.1. The Labute approximate surface area is 116 Å². The molecule has 0 heterocycles. The molecule has 2 fully saturated rings. The van der Waals surface area contributed by atoms with Crippen LogP contribution in [0.4, 0.5) is 0 Å². The summed E-state index contributed by atoms with van der Waals surface area (Å²) in [6.07, 6.45) is 6.70. The molecule has 0 saturated heterocycles. The van der Waals surface area contributed by atoms with E-state index in [1.807, 2.05) is 0 Å². The van der Waals surface area contributed by atoms with E-state index in [2.05, 4.69) is 36.5 Å². The highest BCUT2D eigenvalue weighted by Crippen LogP contribution is 2.40. The molecule has 2 aliphatic carbocycles. The summed E-state index contributed by atoms with van der Waals surface area (Å²) >= 11 is 0. The molecular formula is C17H26N2. The van der Waals surface area contributed by atoms with Crippen molar-refractivity contribution in [1.82, 2.24) is 5.32 Å². The summed E-state index contributed by atoms with van der Waals surface area (Å²) in [7, 11) is 0. The van der Waals surface area contributed by atoms with Gasteiger partial charge >= 0.3 is 0 Å². The van der Waals surface area contributed by atoms with E-state index in [4.69, 9.17) is 5.73 Å². The standard InChI is InChI=1S/C17H26N2/c1-12-5-8-16(9-12)19-17(11-18)15-4-2-3-14(10-15)13-6-7-13/h2-4,10,12-13,16-17,19H,5-9,11,18H2,1H3. The topological polar surface area (TPSA) is 38.0 Å². The van der Waals surface area contributed by atoms with Crippen LogP contribution in [-0.2, 0) is 0 Å². The summed E-state index contributed by atoms with van der Waals surface area (Å²) in [6.45, 7) is 3.05. The first kappa shape index (κ1) is 13.1. The van der Waals surface area contributed by atoms with Gasteiger partial charge in [-0.25, -0.2) is 0 Å². The van der Waals surface area contributed by atoms with Crippen LogP contribution in [0.15, 0.2) is 24.3 Å². The smallest absolute Gasteiger partial charge is 0.0446 e. The van der Waals surface area contributed by atoms with Crippen molar-refractivity contribution in [3.63, 3.8) is 0 Å². The minimum atomic E-state index is 0.328. The Kier molecular flexibility index (Phi) is 3.90. The van der Waals surface area contributed by atoms with E-state index in [-0.39, 0.29) is 0 Å². The number of nitrogens with one attached hydrogen (secondary N) is 1. The SMILES string of the molecule is CC1CCC(NC(CN)c2cccc(C3CC3)c2)C1. The number of nitrogens with two attached hydrogens (primary N) is 1. The average Bonchev–Trinajstić information content (AvgIpc) is 3.20. The van der Waals surface area contributed by atoms with Gasteiger partial charge in [0.1, 0.15) is 0 Å². The van der Waals surface area contributed by atoms with E-state index < -0.39 is 0 Å². The molecular weight excluding hydrogens is 232 g/mol. The zero-order chi connectivity index (χ0) is 13.2. The first-order valence-electron chi connectivity index (χ1n) is 7.82. The number of rotatable bonds is 5. The van der Waals surface area contributed by atoms with Crippen molar-refractivity contribution in [2.45, 2.75) is 57.0 Å². The van der Waals surface area contributed by atoms with Gasteiger partial charge in [-0.2, -0.15) is 0 Å². The van der Waals surface area contributed by atoms with Crippen LogP contribution in [-0.4, -0.2) is 12.6 Å². The predicted octanol–water partition coefficient (Wildman–Crippen LogP) is 3.34. The Morgan fingerprint density at radius 2 is 2.11 bits per heavy atom. The Balaban J connectivity index is 1.68. The zero-order valence-corrected chi connectivity index (χ0v) is 11.9. The molecule has 0 bridgehead atoms. The van der Waals surface area contributed by atoms with Gasteiger partial charge in [-0.1, -0.05) is 31.2 Å². The van der Waals surface area contributed by atoms with Gasteiger partial charge in [0, 0.05) is 18.6 Å². The fourth-order valence-electron chi connectivity index (χ4n) is 3.39. The molecule has 2 aliphatic rings. The zero-order valence-electron chi connectivity index (χ0n) is 11.9. The molecule has 0 aromatic heterocycles. The lowest BCUT2D eigenvalue weighted by atomic mass is 10.0. The third kappa shape index (κ3) is 3.18. The van der Waals surface area contributed by atoms with E-state index in [0.717, 1.165) is 11.8 Å². The Bertz CT molecular complexity index is 425. The van der Waals surface area contributed by atoms with Gasteiger partial charge in [0.2, 0.25) is 0 Å². The molecule has 3 atom stereocenters. The van der Waals surface area contributed by atoms with Crippen LogP contribution in [0.1, 0.15) is 62.1 Å². The van der Waals surface area contributed by atoms with Crippen molar-refractivity contribution in [1.29, 1.82) is 0 Å². The minimum Gasteiger partial charge on any atom is -0.329 e. The molecule has 0 amide bonds. The van der Waals surface area contributed by atoms with E-state index in [1.54, 1.807) is 0 Å². The Hall–Kier alpha value is -0.860. The fourth-order valence-corrected chi connectivity index (χ4v) is 3.39. The summed E-state index contributed by atoms with van der Waals surface area (Å²) in [4.78, 5) is 0. The van der Waals surface area contributed by atoms with Gasteiger partial charge in [0.05, 0.1) is 0 Å². The third-order valence-corrected chi connectivity index (χ3v) is 4.73. The lowest BCUT2D eigenvalue weighted by Gasteiger charge is -2.22. The van der Waals surface area contributed by atoms with E-state index in [1.165, 1.54) is 43.2 Å².